The fraction of sp³-hybridized carbons (Fsp3) is 0.619. The minimum atomic E-state index is -1.12. The lowest BCUT2D eigenvalue weighted by molar-refractivity contribution is -0.146. The topological polar surface area (TPSA) is 449 Å². The van der Waals surface area contributed by atoms with E-state index in [1.165, 1.54) is 43.9 Å². The Morgan fingerprint density at radius 3 is 1.39 bits per heavy atom. The molecular weight excluding hydrogens is 900 g/mol. The molecular formula is C42H77FN20O6. The van der Waals surface area contributed by atoms with Crippen molar-refractivity contribution in [3.63, 3.8) is 0 Å². The summed E-state index contributed by atoms with van der Waals surface area (Å²) < 4.78 is 13.8. The maximum Gasteiger partial charge on any atom is 0.242 e. The molecule has 1 aromatic rings. The molecule has 0 bridgehead atoms. The van der Waals surface area contributed by atoms with E-state index in [0.29, 0.717) is 31.5 Å². The van der Waals surface area contributed by atoms with Crippen molar-refractivity contribution in [1.82, 2.24) is 30.2 Å². The van der Waals surface area contributed by atoms with Gasteiger partial charge < -0.3 is 87.6 Å². The number of benzene rings is 1. The van der Waals surface area contributed by atoms with Crippen LogP contribution in [0.4, 0.5) is 4.39 Å². The largest absolute Gasteiger partial charge is 0.370 e. The highest BCUT2D eigenvalue weighted by molar-refractivity contribution is 5.92. The zero-order chi connectivity index (χ0) is 51.6. The molecule has 0 aromatic heterocycles. The van der Waals surface area contributed by atoms with Crippen LogP contribution in [0.1, 0.15) is 63.4 Å². The molecule has 0 radical (unpaired) electrons. The summed E-state index contributed by atoms with van der Waals surface area (Å²) in [5.74, 6) is -4.98. The summed E-state index contributed by atoms with van der Waals surface area (Å²) in [6, 6.07) is 4.45. The first kappa shape index (κ1) is 60.0. The van der Waals surface area contributed by atoms with E-state index in [0.717, 1.165) is 25.7 Å². The summed E-state index contributed by atoms with van der Waals surface area (Å²) in [4.78, 5) is 103. The molecule has 0 fully saturated rings. The molecule has 0 aliphatic rings. The van der Waals surface area contributed by atoms with E-state index in [1.807, 2.05) is 0 Å². The van der Waals surface area contributed by atoms with Gasteiger partial charge in [-0.25, -0.2) is 4.39 Å². The van der Waals surface area contributed by atoms with Crippen LogP contribution in [-0.2, 0) is 35.2 Å². The number of halogens is 1. The molecule has 1 rings (SSSR count). The van der Waals surface area contributed by atoms with Gasteiger partial charge in [0.15, 0.2) is 23.8 Å². The van der Waals surface area contributed by atoms with Gasteiger partial charge in [0, 0.05) is 52.4 Å². The van der Waals surface area contributed by atoms with Crippen LogP contribution in [-0.4, -0.2) is 183 Å². The second-order valence-electron chi connectivity index (χ2n) is 16.0. The first-order chi connectivity index (χ1) is 32.8. The maximum absolute atomic E-state index is 14.4. The average Bonchev–Trinajstić information content (AvgIpc) is 3.28. The van der Waals surface area contributed by atoms with Gasteiger partial charge in [-0.3, -0.25) is 48.7 Å². The first-order valence-electron chi connectivity index (χ1n) is 22.9. The number of guanidine groups is 4. The molecule has 1 atom stereocenters. The highest BCUT2D eigenvalue weighted by Gasteiger charge is 2.28. The fourth-order valence-electron chi connectivity index (χ4n) is 6.54. The predicted octanol–water partition coefficient (Wildman–Crippen LogP) is -5.19. The van der Waals surface area contributed by atoms with Crippen LogP contribution in [0.5, 0.6) is 0 Å². The van der Waals surface area contributed by atoms with Gasteiger partial charge in [-0.1, -0.05) is 25.0 Å². The summed E-state index contributed by atoms with van der Waals surface area (Å²) in [6.07, 6.45) is 4.92. The number of hydrogen-bond acceptors (Lipinski definition) is 12. The summed E-state index contributed by atoms with van der Waals surface area (Å²) in [6.45, 7) is -0.465. The molecule has 0 spiro atoms. The van der Waals surface area contributed by atoms with Crippen molar-refractivity contribution in [1.29, 1.82) is 0 Å². The van der Waals surface area contributed by atoms with Crippen molar-refractivity contribution in [3.8, 4) is 0 Å². The Morgan fingerprint density at radius 2 is 0.942 bits per heavy atom. The molecule has 0 heterocycles. The lowest BCUT2D eigenvalue weighted by Crippen LogP contribution is -2.52. The van der Waals surface area contributed by atoms with Crippen molar-refractivity contribution >= 4 is 59.3 Å². The molecule has 1 aromatic carbocycles. The van der Waals surface area contributed by atoms with Gasteiger partial charge >= 0.3 is 0 Å². The summed E-state index contributed by atoms with van der Waals surface area (Å²) in [5.41, 5.74) is 55.6. The van der Waals surface area contributed by atoms with Crippen LogP contribution in [0, 0.1) is 5.82 Å². The van der Waals surface area contributed by atoms with E-state index in [9.17, 15) is 33.2 Å². The Kier molecular flexibility index (Phi) is 30.6. The van der Waals surface area contributed by atoms with E-state index in [4.69, 9.17) is 57.3 Å². The van der Waals surface area contributed by atoms with E-state index in [1.54, 1.807) is 0 Å². The second kappa shape index (κ2) is 35.2. The Hall–Kier alpha value is -7.03. The summed E-state index contributed by atoms with van der Waals surface area (Å²) in [7, 11) is 0. The second-order valence-corrected chi connectivity index (χ2v) is 16.0. The molecule has 6 amide bonds. The minimum absolute atomic E-state index is 0.0255. The van der Waals surface area contributed by atoms with Gasteiger partial charge in [0.05, 0.1) is 32.7 Å². The van der Waals surface area contributed by atoms with Crippen LogP contribution in [0.2, 0.25) is 0 Å². The molecule has 0 saturated heterocycles. The van der Waals surface area contributed by atoms with Gasteiger partial charge in [-0.05, 0) is 82.2 Å². The minimum Gasteiger partial charge on any atom is -0.370 e. The maximum atomic E-state index is 14.4. The third-order valence-corrected chi connectivity index (χ3v) is 10.2. The molecule has 22 N–H and O–H groups in total. The van der Waals surface area contributed by atoms with Crippen LogP contribution < -0.4 is 68.0 Å². The molecule has 69 heavy (non-hydrogen) atoms. The lowest BCUT2D eigenvalue weighted by atomic mass is 10.1. The zero-order valence-corrected chi connectivity index (χ0v) is 39.7. The molecule has 0 aliphatic carbocycles. The molecule has 0 unspecified atom stereocenters. The highest BCUT2D eigenvalue weighted by Crippen LogP contribution is 2.09. The Bertz CT molecular complexity index is 1850. The van der Waals surface area contributed by atoms with Crippen LogP contribution >= 0.6 is 0 Å². The van der Waals surface area contributed by atoms with Crippen LogP contribution in [0.15, 0.2) is 44.2 Å². The van der Waals surface area contributed by atoms with Gasteiger partial charge in [-0.15, -0.1) is 0 Å². The summed E-state index contributed by atoms with van der Waals surface area (Å²) in [5, 5.41) is 5.67. The third-order valence-electron chi connectivity index (χ3n) is 10.2. The quantitative estimate of drug-likeness (QED) is 0.0168. The smallest absolute Gasteiger partial charge is 0.242 e. The van der Waals surface area contributed by atoms with Crippen LogP contribution in [0.25, 0.3) is 0 Å². The normalized spacial score (nSPS) is 11.0. The third kappa shape index (κ3) is 29.4. The number of unbranched alkanes of at least 4 members (excludes halogenated alkanes) is 3. The summed E-state index contributed by atoms with van der Waals surface area (Å²) >= 11 is 0. The van der Waals surface area contributed by atoms with E-state index in [2.05, 4.69) is 30.6 Å². The van der Waals surface area contributed by atoms with Gasteiger partial charge in [-0.2, -0.15) is 0 Å². The Morgan fingerprint density at radius 1 is 0.522 bits per heavy atom. The fourth-order valence-corrected chi connectivity index (χ4v) is 6.54. The number of nitrogens with two attached hydrogens (primary N) is 10. The average molecular weight is 977 g/mol. The number of nitrogens with zero attached hydrogens (tertiary/aromatic N) is 8. The van der Waals surface area contributed by atoms with E-state index in [-0.39, 0.29) is 114 Å². The number of hydrogen-bond donors (Lipinski definition) is 12. The molecule has 26 nitrogen and oxygen atoms in total. The first-order valence-corrected chi connectivity index (χ1v) is 22.9. The van der Waals surface area contributed by atoms with Crippen molar-refractivity contribution in [3.05, 3.63) is 35.6 Å². The van der Waals surface area contributed by atoms with Gasteiger partial charge in [0.1, 0.15) is 11.9 Å². The number of carbonyl (C=O) groups is 6. The van der Waals surface area contributed by atoms with E-state index < -0.39 is 67.6 Å². The lowest BCUT2D eigenvalue weighted by Gasteiger charge is -2.31. The standard InChI is InChI=1S/C42H77FN20O6/c43-31-12-10-30(11-13-31)14-24-63(29-35(66)60(21-6-18-56-40(48)49)26-33(64)59-32(38(45)69)9-5-17-55-39(46)47)37(68)28-62(23-8-20-58-42(52)53)36(67)27-61(22-7-19-57-41(50)51)34(65)25-54-16-4-2-1-3-15-44/h10-13,32,54H,1-9,14-29,44H2,(H2,45,69)(H,59,64)(H4,46,47,55)(H4,48,49,56)(H4,50,51,57)(H4,52,53,58)/t32-/m1/s1. The molecule has 388 valence electrons. The molecule has 0 saturated carbocycles. The zero-order valence-electron chi connectivity index (χ0n) is 39.7. The number of nitrogens with one attached hydrogen (secondary N) is 2. The van der Waals surface area contributed by atoms with Gasteiger partial charge in [0.2, 0.25) is 35.4 Å². The number of aliphatic imine (C=N–C) groups is 4. The van der Waals surface area contributed by atoms with Gasteiger partial charge in [0.25, 0.3) is 0 Å². The molecule has 0 aliphatic heterocycles. The Balaban J connectivity index is 3.52. The SMILES string of the molecule is NCCCCCCNCC(=O)N(CCCN=C(N)N)CC(=O)N(CCCN=C(N)N)CC(=O)N(CCc1ccc(F)cc1)CC(=O)N(CCCN=C(N)N)CC(=O)N[C@H](CCCN=C(N)N)C(N)=O. The van der Waals surface area contributed by atoms with Crippen molar-refractivity contribution in [2.75, 3.05) is 98.2 Å². The van der Waals surface area contributed by atoms with Crippen molar-refractivity contribution in [2.45, 2.75) is 70.3 Å². The van der Waals surface area contributed by atoms with E-state index >= 15 is 0 Å². The van der Waals surface area contributed by atoms with Crippen LogP contribution in [0.3, 0.4) is 0 Å². The molecule has 27 heteroatoms. The monoisotopic (exact) mass is 977 g/mol. The number of carbonyl (C=O) groups excluding carboxylic acids is 6. The predicted molar refractivity (Wildman–Crippen MR) is 264 cm³/mol. The number of primary amides is 1. The number of rotatable bonds is 37. The van der Waals surface area contributed by atoms with Crippen molar-refractivity contribution in [2.24, 2.45) is 77.3 Å². The number of amides is 6. The highest BCUT2D eigenvalue weighted by atomic mass is 19.1. The van der Waals surface area contributed by atoms with Crippen molar-refractivity contribution < 1.29 is 33.2 Å². The Labute approximate surface area is 403 Å².